The SMILES string of the molecule is CC(O)(CNC(=O)c1cc(O)[nH]c(=O)c1)CC(=O)O. The number of pyridine rings is 1. The highest BCUT2D eigenvalue weighted by molar-refractivity contribution is 5.94. The number of rotatable bonds is 5. The second-order valence-electron chi connectivity index (χ2n) is 4.37. The van der Waals surface area contributed by atoms with Crippen molar-refractivity contribution < 1.29 is 24.9 Å². The number of aromatic hydroxyl groups is 1. The van der Waals surface area contributed by atoms with Gasteiger partial charge in [-0.25, -0.2) is 0 Å². The maximum absolute atomic E-state index is 11.6. The summed E-state index contributed by atoms with van der Waals surface area (Å²) in [7, 11) is 0. The fourth-order valence-electron chi connectivity index (χ4n) is 1.42. The topological polar surface area (TPSA) is 140 Å². The quantitative estimate of drug-likeness (QED) is 0.466. The van der Waals surface area contributed by atoms with Gasteiger partial charge in [0.15, 0.2) is 5.88 Å². The number of aromatic amines is 1. The van der Waals surface area contributed by atoms with Crippen LogP contribution < -0.4 is 10.9 Å². The number of carbonyl (C=O) groups excluding carboxylic acids is 1. The molecular formula is C11H14N2O6. The van der Waals surface area contributed by atoms with Crippen LogP contribution in [0.15, 0.2) is 16.9 Å². The number of carbonyl (C=O) groups is 2. The maximum atomic E-state index is 11.6. The Morgan fingerprint density at radius 1 is 1.42 bits per heavy atom. The Balaban J connectivity index is 2.70. The molecule has 8 nitrogen and oxygen atoms in total. The smallest absolute Gasteiger partial charge is 0.306 e. The van der Waals surface area contributed by atoms with Crippen LogP contribution in [-0.2, 0) is 4.79 Å². The van der Waals surface area contributed by atoms with Crippen molar-refractivity contribution in [1.29, 1.82) is 0 Å². The summed E-state index contributed by atoms with van der Waals surface area (Å²) < 4.78 is 0. The Morgan fingerprint density at radius 2 is 2.05 bits per heavy atom. The Hall–Kier alpha value is -2.35. The first-order valence-corrected chi connectivity index (χ1v) is 5.35. The van der Waals surface area contributed by atoms with Crippen molar-refractivity contribution in [2.45, 2.75) is 18.9 Å². The number of nitrogens with one attached hydrogen (secondary N) is 2. The number of aliphatic carboxylic acids is 1. The number of carboxylic acid groups (broad SMARTS) is 1. The number of hydrogen-bond acceptors (Lipinski definition) is 5. The minimum absolute atomic E-state index is 0.0904. The predicted molar refractivity (Wildman–Crippen MR) is 63.9 cm³/mol. The van der Waals surface area contributed by atoms with E-state index in [1.54, 1.807) is 0 Å². The number of hydrogen-bond donors (Lipinski definition) is 5. The van der Waals surface area contributed by atoms with E-state index in [1.807, 2.05) is 0 Å². The number of aliphatic hydroxyl groups is 1. The maximum Gasteiger partial charge on any atom is 0.306 e. The highest BCUT2D eigenvalue weighted by atomic mass is 16.4. The van der Waals surface area contributed by atoms with Crippen LogP contribution in [0.25, 0.3) is 0 Å². The zero-order valence-electron chi connectivity index (χ0n) is 10.1. The summed E-state index contributed by atoms with van der Waals surface area (Å²) in [4.78, 5) is 35.2. The molecule has 0 spiro atoms. The lowest BCUT2D eigenvalue weighted by Gasteiger charge is -2.21. The molecule has 8 heteroatoms. The second-order valence-corrected chi connectivity index (χ2v) is 4.37. The Labute approximate surface area is 107 Å². The number of amides is 1. The van der Waals surface area contributed by atoms with Gasteiger partial charge in [-0.3, -0.25) is 19.4 Å². The third-order valence-corrected chi connectivity index (χ3v) is 2.25. The van der Waals surface area contributed by atoms with Crippen molar-refractivity contribution >= 4 is 11.9 Å². The lowest BCUT2D eigenvalue weighted by Crippen LogP contribution is -2.42. The molecule has 19 heavy (non-hydrogen) atoms. The van der Waals surface area contributed by atoms with Gasteiger partial charge in [0.25, 0.3) is 11.5 Å². The molecule has 104 valence electrons. The molecule has 1 aromatic heterocycles. The summed E-state index contributed by atoms with van der Waals surface area (Å²) in [5.74, 6) is -2.37. The Bertz CT molecular complexity index is 548. The van der Waals surface area contributed by atoms with Crippen LogP contribution in [-0.4, -0.2) is 44.3 Å². The molecule has 0 aliphatic rings. The zero-order chi connectivity index (χ0) is 14.6. The molecule has 0 aromatic carbocycles. The van der Waals surface area contributed by atoms with Gasteiger partial charge in [-0.05, 0) is 6.92 Å². The molecule has 0 bridgehead atoms. The average Bonchev–Trinajstić information content (AvgIpc) is 2.22. The van der Waals surface area contributed by atoms with Gasteiger partial charge in [-0.1, -0.05) is 0 Å². The number of carboxylic acids is 1. The lowest BCUT2D eigenvalue weighted by atomic mass is 10.0. The fourth-order valence-corrected chi connectivity index (χ4v) is 1.42. The third-order valence-electron chi connectivity index (χ3n) is 2.25. The summed E-state index contributed by atoms with van der Waals surface area (Å²) in [6, 6.07) is 2.02. The molecule has 1 unspecified atom stereocenters. The summed E-state index contributed by atoms with van der Waals surface area (Å²) in [5.41, 5.74) is -2.35. The van der Waals surface area contributed by atoms with E-state index in [1.165, 1.54) is 6.92 Å². The van der Waals surface area contributed by atoms with Gasteiger partial charge in [-0.15, -0.1) is 0 Å². The van der Waals surface area contributed by atoms with Crippen LogP contribution in [0.3, 0.4) is 0 Å². The van der Waals surface area contributed by atoms with E-state index in [0.29, 0.717) is 0 Å². The summed E-state index contributed by atoms with van der Waals surface area (Å²) in [6.45, 7) is 0.961. The monoisotopic (exact) mass is 270 g/mol. The van der Waals surface area contributed by atoms with Crippen molar-refractivity contribution in [1.82, 2.24) is 10.3 Å². The predicted octanol–water partition coefficient (Wildman–Crippen LogP) is -0.964. The van der Waals surface area contributed by atoms with Crippen molar-refractivity contribution in [2.24, 2.45) is 0 Å². The van der Waals surface area contributed by atoms with Crippen molar-refractivity contribution in [2.75, 3.05) is 6.54 Å². The van der Waals surface area contributed by atoms with Crippen molar-refractivity contribution in [3.8, 4) is 5.88 Å². The molecule has 1 rings (SSSR count). The average molecular weight is 270 g/mol. The van der Waals surface area contributed by atoms with Gasteiger partial charge in [0, 0.05) is 18.7 Å². The standard InChI is InChI=1S/C11H14N2O6/c1-11(19,4-9(16)17)5-12-10(18)6-2-7(14)13-8(15)3-6/h2-3,19H,4-5H2,1H3,(H,12,18)(H,16,17)(H2,13,14,15). The molecular weight excluding hydrogens is 256 g/mol. The summed E-state index contributed by atoms with van der Waals surface area (Å²) in [6.07, 6.45) is -0.534. The molecule has 0 aliphatic carbocycles. The highest BCUT2D eigenvalue weighted by Crippen LogP contribution is 2.09. The fraction of sp³-hybridized carbons (Fsp3) is 0.364. The first-order valence-electron chi connectivity index (χ1n) is 5.35. The largest absolute Gasteiger partial charge is 0.494 e. The molecule has 1 aromatic rings. The van der Waals surface area contributed by atoms with Crippen LogP contribution >= 0.6 is 0 Å². The molecule has 0 radical (unpaired) electrons. The van der Waals surface area contributed by atoms with Crippen LogP contribution in [0.1, 0.15) is 23.7 Å². The molecule has 5 N–H and O–H groups in total. The minimum Gasteiger partial charge on any atom is -0.494 e. The number of H-pyrrole nitrogens is 1. The second kappa shape index (κ2) is 5.53. The summed E-state index contributed by atoms with van der Waals surface area (Å²) in [5, 5.41) is 29.6. The van der Waals surface area contributed by atoms with E-state index in [0.717, 1.165) is 12.1 Å². The zero-order valence-corrected chi connectivity index (χ0v) is 10.1. The van der Waals surface area contributed by atoms with E-state index in [4.69, 9.17) is 10.2 Å². The Morgan fingerprint density at radius 3 is 2.58 bits per heavy atom. The van der Waals surface area contributed by atoms with Crippen LogP contribution in [0.2, 0.25) is 0 Å². The lowest BCUT2D eigenvalue weighted by molar-refractivity contribution is -0.141. The van der Waals surface area contributed by atoms with Gasteiger partial charge in [0.1, 0.15) is 0 Å². The van der Waals surface area contributed by atoms with Crippen molar-refractivity contribution in [3.05, 3.63) is 28.0 Å². The van der Waals surface area contributed by atoms with E-state index in [9.17, 15) is 19.5 Å². The third kappa shape index (κ3) is 4.80. The van der Waals surface area contributed by atoms with Crippen LogP contribution in [0, 0.1) is 0 Å². The van der Waals surface area contributed by atoms with Crippen LogP contribution in [0.4, 0.5) is 0 Å². The van der Waals surface area contributed by atoms with E-state index in [2.05, 4.69) is 10.3 Å². The van der Waals surface area contributed by atoms with E-state index >= 15 is 0 Å². The molecule has 0 saturated carbocycles. The van der Waals surface area contributed by atoms with Crippen LogP contribution in [0.5, 0.6) is 5.88 Å². The van der Waals surface area contributed by atoms with Gasteiger partial charge in [-0.2, -0.15) is 0 Å². The highest BCUT2D eigenvalue weighted by Gasteiger charge is 2.25. The molecule has 1 amide bonds. The van der Waals surface area contributed by atoms with Gasteiger partial charge >= 0.3 is 5.97 Å². The van der Waals surface area contributed by atoms with Crippen molar-refractivity contribution in [3.63, 3.8) is 0 Å². The Kier molecular flexibility index (Phi) is 4.28. The van der Waals surface area contributed by atoms with Gasteiger partial charge < -0.3 is 20.6 Å². The molecule has 0 fully saturated rings. The normalized spacial score (nSPS) is 13.6. The van der Waals surface area contributed by atoms with Gasteiger partial charge in [0.05, 0.1) is 17.6 Å². The van der Waals surface area contributed by atoms with Gasteiger partial charge in [0.2, 0.25) is 0 Å². The molecule has 0 saturated heterocycles. The number of aromatic nitrogens is 1. The molecule has 1 heterocycles. The summed E-state index contributed by atoms with van der Waals surface area (Å²) >= 11 is 0. The molecule has 1 atom stereocenters. The molecule has 0 aliphatic heterocycles. The van der Waals surface area contributed by atoms with E-state index in [-0.39, 0.29) is 12.1 Å². The first-order chi connectivity index (χ1) is 8.69. The minimum atomic E-state index is -1.61. The van der Waals surface area contributed by atoms with E-state index < -0.39 is 35.3 Å². The first kappa shape index (κ1) is 14.7.